The van der Waals surface area contributed by atoms with Gasteiger partial charge in [-0.25, -0.2) is 0 Å². The molecule has 0 saturated carbocycles. The number of carboxylic acids is 1. The maximum absolute atomic E-state index is 12.4. The minimum atomic E-state index is -0.871. The van der Waals surface area contributed by atoms with E-state index in [1.807, 2.05) is 30.3 Å². The molecule has 0 aromatic heterocycles. The third-order valence-corrected chi connectivity index (χ3v) is 3.95. The van der Waals surface area contributed by atoms with Crippen LogP contribution in [-0.2, 0) is 9.59 Å². The lowest BCUT2D eigenvalue weighted by atomic mass is 9.81. The van der Waals surface area contributed by atoms with Crippen LogP contribution in [0.25, 0.3) is 0 Å². The SMILES string of the molecule is CC1(C(=O)O)CCCN(C(=O)[C@H](N)c2ccccc2)C1. The molecule has 1 unspecified atom stereocenters. The fraction of sp³-hybridized carbons (Fsp3) is 0.467. The third kappa shape index (κ3) is 2.82. The van der Waals surface area contributed by atoms with Crippen molar-refractivity contribution in [2.45, 2.75) is 25.8 Å². The normalized spacial score (nSPS) is 24.2. The Hall–Kier alpha value is -1.88. The van der Waals surface area contributed by atoms with Crippen LogP contribution in [0, 0.1) is 5.41 Å². The van der Waals surface area contributed by atoms with Crippen molar-refractivity contribution in [1.29, 1.82) is 0 Å². The standard InChI is InChI=1S/C15H20N2O3/c1-15(14(19)20)8-5-9-17(10-15)13(18)12(16)11-6-3-2-4-7-11/h2-4,6-7,12H,5,8-10,16H2,1H3,(H,19,20)/t12-,15?/m1/s1. The third-order valence-electron chi connectivity index (χ3n) is 3.95. The van der Waals surface area contributed by atoms with E-state index in [0.717, 1.165) is 5.56 Å². The summed E-state index contributed by atoms with van der Waals surface area (Å²) in [4.78, 5) is 25.3. The van der Waals surface area contributed by atoms with Gasteiger partial charge in [-0.3, -0.25) is 9.59 Å². The number of carbonyl (C=O) groups excluding carboxylic acids is 1. The fourth-order valence-electron chi connectivity index (χ4n) is 2.60. The molecule has 3 N–H and O–H groups in total. The Kier molecular flexibility index (Phi) is 4.09. The summed E-state index contributed by atoms with van der Waals surface area (Å²) in [7, 11) is 0. The predicted octanol–water partition coefficient (Wildman–Crippen LogP) is 1.40. The second-order valence-electron chi connectivity index (χ2n) is 5.62. The molecular weight excluding hydrogens is 256 g/mol. The van der Waals surface area contributed by atoms with Crippen LogP contribution in [0.5, 0.6) is 0 Å². The Morgan fingerprint density at radius 3 is 2.60 bits per heavy atom. The highest BCUT2D eigenvalue weighted by Crippen LogP contribution is 2.30. The van der Waals surface area contributed by atoms with Gasteiger partial charge in [0.15, 0.2) is 0 Å². The molecule has 1 aromatic carbocycles. The molecule has 2 rings (SSSR count). The second-order valence-corrected chi connectivity index (χ2v) is 5.62. The first-order valence-corrected chi connectivity index (χ1v) is 6.77. The van der Waals surface area contributed by atoms with Gasteiger partial charge in [0.1, 0.15) is 6.04 Å². The van der Waals surface area contributed by atoms with Gasteiger partial charge in [0, 0.05) is 13.1 Å². The summed E-state index contributed by atoms with van der Waals surface area (Å²) in [6, 6.07) is 8.42. The van der Waals surface area contributed by atoms with Crippen molar-refractivity contribution in [1.82, 2.24) is 4.90 Å². The lowest BCUT2D eigenvalue weighted by Gasteiger charge is -2.38. The molecule has 108 valence electrons. The molecule has 0 bridgehead atoms. The van der Waals surface area contributed by atoms with Crippen molar-refractivity contribution in [2.75, 3.05) is 13.1 Å². The molecule has 5 heteroatoms. The van der Waals surface area contributed by atoms with Crippen molar-refractivity contribution in [2.24, 2.45) is 11.1 Å². The number of nitrogens with zero attached hydrogens (tertiary/aromatic N) is 1. The van der Waals surface area contributed by atoms with Crippen molar-refractivity contribution in [3.05, 3.63) is 35.9 Å². The van der Waals surface area contributed by atoms with Crippen LogP contribution in [0.4, 0.5) is 0 Å². The van der Waals surface area contributed by atoms with Crippen molar-refractivity contribution >= 4 is 11.9 Å². The number of nitrogens with two attached hydrogens (primary N) is 1. The van der Waals surface area contributed by atoms with E-state index >= 15 is 0 Å². The molecule has 1 heterocycles. The first-order chi connectivity index (χ1) is 9.44. The zero-order chi connectivity index (χ0) is 14.8. The molecule has 1 saturated heterocycles. The molecule has 1 aromatic rings. The van der Waals surface area contributed by atoms with Crippen LogP contribution in [0.1, 0.15) is 31.4 Å². The highest BCUT2D eigenvalue weighted by Gasteiger charge is 2.40. The second kappa shape index (κ2) is 5.63. The van der Waals surface area contributed by atoms with E-state index in [1.54, 1.807) is 11.8 Å². The maximum atomic E-state index is 12.4. The summed E-state index contributed by atoms with van der Waals surface area (Å²) in [5.41, 5.74) is 5.87. The average Bonchev–Trinajstić information content (AvgIpc) is 2.46. The van der Waals surface area contributed by atoms with Gasteiger partial charge >= 0.3 is 5.97 Å². The van der Waals surface area contributed by atoms with Crippen molar-refractivity contribution < 1.29 is 14.7 Å². The van der Waals surface area contributed by atoms with Gasteiger partial charge in [0.25, 0.3) is 0 Å². The van der Waals surface area contributed by atoms with Crippen molar-refractivity contribution in [3.8, 4) is 0 Å². The summed E-state index contributed by atoms with van der Waals surface area (Å²) in [5, 5.41) is 9.28. The van der Waals surface area contributed by atoms with Crippen LogP contribution in [0.2, 0.25) is 0 Å². The van der Waals surface area contributed by atoms with Gasteiger partial charge in [0.05, 0.1) is 5.41 Å². The quantitative estimate of drug-likeness (QED) is 0.874. The number of rotatable bonds is 3. The smallest absolute Gasteiger partial charge is 0.311 e. The number of piperidine rings is 1. The van der Waals surface area contributed by atoms with Crippen LogP contribution in [-0.4, -0.2) is 35.0 Å². The molecule has 5 nitrogen and oxygen atoms in total. The van der Waals surface area contributed by atoms with E-state index in [0.29, 0.717) is 19.4 Å². The summed E-state index contributed by atoms with van der Waals surface area (Å²) >= 11 is 0. The summed E-state index contributed by atoms with van der Waals surface area (Å²) < 4.78 is 0. The molecule has 1 aliphatic rings. The number of benzene rings is 1. The molecule has 1 fully saturated rings. The minimum absolute atomic E-state index is 0.205. The molecule has 0 aliphatic carbocycles. The van der Waals surface area contributed by atoms with Gasteiger partial charge in [-0.1, -0.05) is 30.3 Å². The topological polar surface area (TPSA) is 83.6 Å². The molecule has 1 aliphatic heterocycles. The number of hydrogen-bond acceptors (Lipinski definition) is 3. The Morgan fingerprint density at radius 1 is 1.35 bits per heavy atom. The van der Waals surface area contributed by atoms with Gasteiger partial charge < -0.3 is 15.7 Å². The number of aliphatic carboxylic acids is 1. The van der Waals surface area contributed by atoms with Crippen LogP contribution in [0.15, 0.2) is 30.3 Å². The number of amides is 1. The van der Waals surface area contributed by atoms with Crippen molar-refractivity contribution in [3.63, 3.8) is 0 Å². The molecule has 2 atom stereocenters. The zero-order valence-electron chi connectivity index (χ0n) is 11.6. The van der Waals surface area contributed by atoms with E-state index in [1.165, 1.54) is 0 Å². The van der Waals surface area contributed by atoms with Crippen LogP contribution in [0.3, 0.4) is 0 Å². The van der Waals surface area contributed by atoms with Gasteiger partial charge in [0.2, 0.25) is 5.91 Å². The maximum Gasteiger partial charge on any atom is 0.311 e. The lowest BCUT2D eigenvalue weighted by molar-refractivity contribution is -0.153. The van der Waals surface area contributed by atoms with Crippen LogP contribution < -0.4 is 5.73 Å². The first kappa shape index (κ1) is 14.5. The first-order valence-electron chi connectivity index (χ1n) is 6.77. The number of hydrogen-bond donors (Lipinski definition) is 2. The lowest BCUT2D eigenvalue weighted by Crippen LogP contribution is -2.50. The van der Waals surface area contributed by atoms with E-state index in [4.69, 9.17) is 5.73 Å². The fourth-order valence-corrected chi connectivity index (χ4v) is 2.60. The summed E-state index contributed by atoms with van der Waals surface area (Å²) in [6.45, 7) is 2.48. The Balaban J connectivity index is 2.11. The zero-order valence-corrected chi connectivity index (χ0v) is 11.6. The number of likely N-dealkylation sites (tertiary alicyclic amines) is 1. The summed E-state index contributed by atoms with van der Waals surface area (Å²) in [6.07, 6.45) is 1.28. The van der Waals surface area contributed by atoms with Gasteiger partial charge in [-0.2, -0.15) is 0 Å². The highest BCUT2D eigenvalue weighted by atomic mass is 16.4. The van der Waals surface area contributed by atoms with Gasteiger partial charge in [-0.15, -0.1) is 0 Å². The average molecular weight is 276 g/mol. The van der Waals surface area contributed by atoms with E-state index in [9.17, 15) is 14.7 Å². The minimum Gasteiger partial charge on any atom is -0.481 e. The number of carbonyl (C=O) groups is 2. The van der Waals surface area contributed by atoms with E-state index in [-0.39, 0.29) is 12.5 Å². The predicted molar refractivity (Wildman–Crippen MR) is 74.9 cm³/mol. The molecular formula is C15H20N2O3. The molecule has 1 amide bonds. The Bertz CT molecular complexity index is 503. The van der Waals surface area contributed by atoms with E-state index < -0.39 is 17.4 Å². The molecule has 0 radical (unpaired) electrons. The molecule has 20 heavy (non-hydrogen) atoms. The van der Waals surface area contributed by atoms with Crippen LogP contribution >= 0.6 is 0 Å². The largest absolute Gasteiger partial charge is 0.481 e. The number of carboxylic acid groups (broad SMARTS) is 1. The molecule has 0 spiro atoms. The highest BCUT2D eigenvalue weighted by molar-refractivity contribution is 5.84. The Labute approximate surface area is 118 Å². The van der Waals surface area contributed by atoms with E-state index in [2.05, 4.69) is 0 Å². The monoisotopic (exact) mass is 276 g/mol. The summed E-state index contributed by atoms with van der Waals surface area (Å²) in [5.74, 6) is -1.06. The van der Waals surface area contributed by atoms with Gasteiger partial charge in [-0.05, 0) is 25.3 Å². The Morgan fingerprint density at radius 2 is 2.00 bits per heavy atom.